The third-order valence-corrected chi connectivity index (χ3v) is 4.71. The van der Waals surface area contributed by atoms with Gasteiger partial charge in [-0.1, -0.05) is 23.7 Å². The van der Waals surface area contributed by atoms with Gasteiger partial charge in [0.1, 0.15) is 18.1 Å². The summed E-state index contributed by atoms with van der Waals surface area (Å²) in [6.45, 7) is 1.72. The van der Waals surface area contributed by atoms with E-state index < -0.39 is 29.8 Å². The molecule has 6 nitrogen and oxygen atoms in total. The van der Waals surface area contributed by atoms with Crippen LogP contribution in [0.15, 0.2) is 36.4 Å². The summed E-state index contributed by atoms with van der Waals surface area (Å²) in [6, 6.07) is 4.68. The number of aromatic nitrogens is 1. The molecule has 0 bridgehead atoms. The van der Waals surface area contributed by atoms with Gasteiger partial charge in [-0.25, -0.2) is 14.2 Å². The third-order valence-electron chi connectivity index (χ3n) is 4.42. The van der Waals surface area contributed by atoms with Crippen molar-refractivity contribution in [2.45, 2.75) is 25.2 Å². The van der Waals surface area contributed by atoms with E-state index in [0.29, 0.717) is 0 Å². The molecule has 2 atom stereocenters. The van der Waals surface area contributed by atoms with Gasteiger partial charge >= 0.3 is 12.2 Å². The Hall–Kier alpha value is -2.88. The number of amides is 3. The Morgan fingerprint density at radius 3 is 2.70 bits per heavy atom. The second kappa shape index (κ2) is 8.47. The molecule has 11 heteroatoms. The lowest BCUT2D eigenvalue weighted by molar-refractivity contribution is -0.141. The monoisotopic (exact) mass is 444 g/mol. The standard InChI is InChI=1S/C19H17ClF4N4O2/c1-10-8-28(9-16(29)25-10)18(30)27-17(11-5-6-13(21)12(20)7-11)14-3-2-4-15(26-14)19(22,23)24/h2-7,10,17H,8-9H2,1H3,(H,25,29)(H,27,30)/t10-,17-/m0/s1. The smallest absolute Gasteiger partial charge is 0.350 e. The first kappa shape index (κ1) is 21.8. The van der Waals surface area contributed by atoms with Gasteiger partial charge in [-0.15, -0.1) is 0 Å². The summed E-state index contributed by atoms with van der Waals surface area (Å²) < 4.78 is 52.9. The molecule has 1 aliphatic rings. The van der Waals surface area contributed by atoms with E-state index in [2.05, 4.69) is 15.6 Å². The molecule has 2 N–H and O–H groups in total. The van der Waals surface area contributed by atoms with Crippen molar-refractivity contribution in [3.63, 3.8) is 0 Å². The Labute approximate surface area is 174 Å². The molecular formula is C19H17ClF4N4O2. The van der Waals surface area contributed by atoms with Crippen molar-refractivity contribution in [2.75, 3.05) is 13.1 Å². The molecule has 2 aromatic rings. The number of piperazine rings is 1. The number of carbonyl (C=O) groups excluding carboxylic acids is 2. The normalized spacial score (nSPS) is 18.0. The molecule has 160 valence electrons. The van der Waals surface area contributed by atoms with Crippen molar-refractivity contribution in [1.29, 1.82) is 0 Å². The maximum Gasteiger partial charge on any atom is 0.433 e. The van der Waals surface area contributed by atoms with Crippen molar-refractivity contribution in [3.8, 4) is 0 Å². The maximum absolute atomic E-state index is 13.6. The summed E-state index contributed by atoms with van der Waals surface area (Å²) in [4.78, 5) is 29.3. The van der Waals surface area contributed by atoms with E-state index in [0.717, 1.165) is 18.2 Å². The summed E-state index contributed by atoms with van der Waals surface area (Å²) in [5, 5.41) is 4.98. The topological polar surface area (TPSA) is 74.3 Å². The summed E-state index contributed by atoms with van der Waals surface area (Å²) in [5.74, 6) is -1.08. The number of pyridine rings is 1. The van der Waals surface area contributed by atoms with Crippen molar-refractivity contribution < 1.29 is 27.2 Å². The fraction of sp³-hybridized carbons (Fsp3) is 0.316. The summed E-state index contributed by atoms with van der Waals surface area (Å²) >= 11 is 5.82. The molecule has 1 aromatic carbocycles. The Morgan fingerprint density at radius 2 is 2.07 bits per heavy atom. The fourth-order valence-electron chi connectivity index (χ4n) is 3.09. The van der Waals surface area contributed by atoms with E-state index in [9.17, 15) is 27.2 Å². The first-order valence-electron chi connectivity index (χ1n) is 8.88. The number of nitrogens with zero attached hydrogens (tertiary/aromatic N) is 2. The summed E-state index contributed by atoms with van der Waals surface area (Å²) in [7, 11) is 0. The zero-order valence-electron chi connectivity index (χ0n) is 15.6. The Kier molecular flexibility index (Phi) is 6.16. The highest BCUT2D eigenvalue weighted by atomic mass is 35.5. The average molecular weight is 445 g/mol. The van der Waals surface area contributed by atoms with Gasteiger partial charge in [0, 0.05) is 12.6 Å². The number of rotatable bonds is 3. The molecule has 0 unspecified atom stereocenters. The number of alkyl halides is 3. The highest BCUT2D eigenvalue weighted by molar-refractivity contribution is 6.30. The van der Waals surface area contributed by atoms with Crippen LogP contribution in [-0.2, 0) is 11.0 Å². The van der Waals surface area contributed by atoms with Crippen LogP contribution in [0.3, 0.4) is 0 Å². The minimum atomic E-state index is -4.69. The lowest BCUT2D eigenvalue weighted by Gasteiger charge is -2.32. The van der Waals surface area contributed by atoms with E-state index in [4.69, 9.17) is 11.6 Å². The van der Waals surface area contributed by atoms with Crippen LogP contribution in [0.4, 0.5) is 22.4 Å². The highest BCUT2D eigenvalue weighted by Gasteiger charge is 2.34. The number of urea groups is 1. The van der Waals surface area contributed by atoms with Crippen molar-refractivity contribution in [3.05, 3.63) is 64.2 Å². The predicted octanol–water partition coefficient (Wildman–Crippen LogP) is 3.51. The molecule has 1 aromatic heterocycles. The molecule has 1 saturated heterocycles. The molecule has 2 heterocycles. The minimum absolute atomic E-state index is 0.115. The van der Waals surface area contributed by atoms with Crippen LogP contribution >= 0.6 is 11.6 Å². The zero-order valence-corrected chi connectivity index (χ0v) is 16.4. The van der Waals surface area contributed by atoms with Gasteiger partial charge in [0.2, 0.25) is 5.91 Å². The Morgan fingerprint density at radius 1 is 1.33 bits per heavy atom. The van der Waals surface area contributed by atoms with Gasteiger partial charge in [0.05, 0.1) is 16.8 Å². The van der Waals surface area contributed by atoms with Crippen LogP contribution in [0, 0.1) is 5.82 Å². The largest absolute Gasteiger partial charge is 0.433 e. The number of nitrogens with one attached hydrogen (secondary N) is 2. The van der Waals surface area contributed by atoms with Crippen molar-refractivity contribution >= 4 is 23.5 Å². The summed E-state index contributed by atoms with van der Waals surface area (Å²) in [5.41, 5.74) is -1.02. The van der Waals surface area contributed by atoms with E-state index in [1.165, 1.54) is 23.1 Å². The molecule has 3 rings (SSSR count). The molecular weight excluding hydrogens is 428 g/mol. The fourth-order valence-corrected chi connectivity index (χ4v) is 3.28. The SMILES string of the molecule is C[C@H]1CN(C(=O)N[C@@H](c2ccc(F)c(Cl)c2)c2cccc(C(F)(F)F)n2)CC(=O)N1. The van der Waals surface area contributed by atoms with Crippen LogP contribution in [0.25, 0.3) is 0 Å². The average Bonchev–Trinajstić information content (AvgIpc) is 2.67. The number of halogens is 5. The lowest BCUT2D eigenvalue weighted by Crippen LogP contribution is -2.57. The second-order valence-electron chi connectivity index (χ2n) is 6.85. The molecule has 30 heavy (non-hydrogen) atoms. The van der Waals surface area contributed by atoms with Gasteiger partial charge in [0.25, 0.3) is 0 Å². The summed E-state index contributed by atoms with van der Waals surface area (Å²) in [6.07, 6.45) is -4.69. The molecule has 0 radical (unpaired) electrons. The molecule has 1 fully saturated rings. The van der Waals surface area contributed by atoms with Crippen molar-refractivity contribution in [1.82, 2.24) is 20.5 Å². The number of benzene rings is 1. The zero-order chi connectivity index (χ0) is 22.1. The maximum atomic E-state index is 13.6. The minimum Gasteiger partial charge on any atom is -0.350 e. The predicted molar refractivity (Wildman–Crippen MR) is 100 cm³/mol. The van der Waals surface area contributed by atoms with Crippen LogP contribution in [0.5, 0.6) is 0 Å². The Balaban J connectivity index is 1.97. The quantitative estimate of drug-likeness (QED) is 0.711. The second-order valence-corrected chi connectivity index (χ2v) is 7.26. The van der Waals surface area contributed by atoms with Crippen LogP contribution in [-0.4, -0.2) is 41.0 Å². The van der Waals surface area contributed by atoms with Gasteiger partial charge in [-0.2, -0.15) is 13.2 Å². The van der Waals surface area contributed by atoms with Crippen LogP contribution in [0.1, 0.15) is 29.9 Å². The Bertz CT molecular complexity index is 970. The van der Waals surface area contributed by atoms with Crippen LogP contribution in [0.2, 0.25) is 5.02 Å². The first-order chi connectivity index (χ1) is 14.0. The molecule has 3 amide bonds. The number of hydrogen-bond donors (Lipinski definition) is 2. The molecule has 1 aliphatic heterocycles. The van der Waals surface area contributed by atoms with Gasteiger partial charge in [-0.3, -0.25) is 4.79 Å². The van der Waals surface area contributed by atoms with Gasteiger partial charge in [0.15, 0.2) is 0 Å². The van der Waals surface area contributed by atoms with E-state index in [-0.39, 0.29) is 41.3 Å². The van der Waals surface area contributed by atoms with E-state index in [1.807, 2.05) is 0 Å². The number of hydrogen-bond acceptors (Lipinski definition) is 3. The molecule has 0 saturated carbocycles. The van der Waals surface area contributed by atoms with Crippen LogP contribution < -0.4 is 10.6 Å². The van der Waals surface area contributed by atoms with E-state index in [1.54, 1.807) is 6.92 Å². The van der Waals surface area contributed by atoms with E-state index >= 15 is 0 Å². The molecule has 0 aliphatic carbocycles. The first-order valence-corrected chi connectivity index (χ1v) is 9.26. The van der Waals surface area contributed by atoms with Gasteiger partial charge < -0.3 is 15.5 Å². The lowest BCUT2D eigenvalue weighted by atomic mass is 10.0. The number of carbonyl (C=O) groups is 2. The van der Waals surface area contributed by atoms with Gasteiger partial charge in [-0.05, 0) is 36.8 Å². The third kappa shape index (κ3) is 4.99. The highest BCUT2D eigenvalue weighted by Crippen LogP contribution is 2.30. The molecule has 0 spiro atoms. The van der Waals surface area contributed by atoms with Crippen molar-refractivity contribution in [2.24, 2.45) is 0 Å².